The van der Waals surface area contributed by atoms with Gasteiger partial charge in [0.25, 0.3) is 0 Å². The molecule has 3 rings (SSSR count). The van der Waals surface area contributed by atoms with Gasteiger partial charge in [-0.1, -0.05) is 18.2 Å². The molecule has 0 unspecified atom stereocenters. The van der Waals surface area contributed by atoms with Crippen LogP contribution in [-0.4, -0.2) is 41.9 Å². The molecule has 27 heavy (non-hydrogen) atoms. The number of hydrogen-bond acceptors (Lipinski definition) is 5. The molecule has 1 aliphatic heterocycles. The van der Waals surface area contributed by atoms with Gasteiger partial charge in [0.05, 0.1) is 16.6 Å². The van der Waals surface area contributed by atoms with Crippen LogP contribution in [0.5, 0.6) is 0 Å². The van der Waals surface area contributed by atoms with Gasteiger partial charge in [-0.15, -0.1) is 11.8 Å². The molecule has 0 spiro atoms. The highest BCUT2D eigenvalue weighted by Crippen LogP contribution is 2.36. The van der Waals surface area contributed by atoms with Gasteiger partial charge in [-0.25, -0.2) is 4.98 Å². The Morgan fingerprint density at radius 2 is 2.04 bits per heavy atom. The van der Waals surface area contributed by atoms with E-state index >= 15 is 0 Å². The van der Waals surface area contributed by atoms with E-state index in [0.29, 0.717) is 11.3 Å². The van der Waals surface area contributed by atoms with Gasteiger partial charge in [0, 0.05) is 25.4 Å². The molecule has 1 fully saturated rings. The number of carbonyl (C=O) groups is 1. The van der Waals surface area contributed by atoms with E-state index in [1.54, 1.807) is 32.3 Å². The quantitative estimate of drug-likeness (QED) is 0.822. The minimum atomic E-state index is -4.47. The number of hydrogen-bond donors (Lipinski definition) is 2. The largest absolute Gasteiger partial charge is 0.480 e. The monoisotopic (exact) mass is 397 g/mol. The summed E-state index contributed by atoms with van der Waals surface area (Å²) < 4.78 is 39.8. The molecular formula is C18H18F3N3O2S. The fourth-order valence-electron chi connectivity index (χ4n) is 2.72. The Morgan fingerprint density at radius 1 is 1.30 bits per heavy atom. The summed E-state index contributed by atoms with van der Waals surface area (Å²) in [6, 6.07) is 8.39. The second kappa shape index (κ2) is 7.40. The van der Waals surface area contributed by atoms with Crippen LogP contribution in [0.15, 0.2) is 36.4 Å². The highest BCUT2D eigenvalue weighted by atomic mass is 32.2. The number of aliphatic carboxylic acids is 1. The lowest BCUT2D eigenvalue weighted by atomic mass is 10.0. The first-order valence-corrected chi connectivity index (χ1v) is 9.17. The fourth-order valence-corrected chi connectivity index (χ4v) is 3.95. The van der Waals surface area contributed by atoms with Gasteiger partial charge in [-0.3, -0.25) is 10.1 Å². The fraction of sp³-hybridized carbons (Fsp3) is 0.333. The van der Waals surface area contributed by atoms with Crippen LogP contribution >= 0.6 is 11.8 Å². The highest BCUT2D eigenvalue weighted by Gasteiger charge is 2.33. The number of rotatable bonds is 4. The minimum Gasteiger partial charge on any atom is -0.480 e. The molecule has 1 aromatic heterocycles. The molecule has 2 heterocycles. The number of pyridine rings is 1. The van der Waals surface area contributed by atoms with Crippen LogP contribution in [0.2, 0.25) is 0 Å². The van der Waals surface area contributed by atoms with Crippen LogP contribution < -0.4 is 10.2 Å². The third-order valence-electron chi connectivity index (χ3n) is 4.16. The third-order valence-corrected chi connectivity index (χ3v) is 5.43. The predicted octanol–water partition coefficient (Wildman–Crippen LogP) is 3.62. The Balaban J connectivity index is 1.97. The van der Waals surface area contributed by atoms with Gasteiger partial charge in [0.2, 0.25) is 0 Å². The molecule has 0 saturated carbocycles. The SMILES string of the molecule is CN(C)c1cc(C(F)(F)F)cc(-c2cccc([C@H]3N[C@H](C(=O)O)CS3)c2)n1. The average molecular weight is 397 g/mol. The first kappa shape index (κ1) is 19.5. The Labute approximate surface area is 158 Å². The first-order valence-electron chi connectivity index (χ1n) is 8.12. The topological polar surface area (TPSA) is 65.5 Å². The summed E-state index contributed by atoms with van der Waals surface area (Å²) in [4.78, 5) is 17.0. The van der Waals surface area contributed by atoms with Crippen molar-refractivity contribution < 1.29 is 23.1 Å². The van der Waals surface area contributed by atoms with E-state index < -0.39 is 23.8 Å². The summed E-state index contributed by atoms with van der Waals surface area (Å²) in [7, 11) is 3.27. The van der Waals surface area contributed by atoms with Crippen LogP contribution in [-0.2, 0) is 11.0 Å². The number of aromatic nitrogens is 1. The Morgan fingerprint density at radius 3 is 2.63 bits per heavy atom. The normalized spacial score (nSPS) is 19.9. The molecule has 0 aliphatic carbocycles. The van der Waals surface area contributed by atoms with Crippen molar-refractivity contribution in [3.8, 4) is 11.3 Å². The maximum atomic E-state index is 13.3. The second-order valence-corrected chi connectivity index (χ2v) is 7.53. The lowest BCUT2D eigenvalue weighted by Gasteiger charge is -2.17. The number of anilines is 1. The smallest absolute Gasteiger partial charge is 0.416 e. The van der Waals surface area contributed by atoms with Crippen LogP contribution in [0.25, 0.3) is 11.3 Å². The summed E-state index contributed by atoms with van der Waals surface area (Å²) in [5.41, 5.74) is 0.795. The van der Waals surface area contributed by atoms with Crippen LogP contribution in [0.1, 0.15) is 16.5 Å². The van der Waals surface area contributed by atoms with Gasteiger partial charge in [0.1, 0.15) is 11.9 Å². The van der Waals surface area contributed by atoms with Gasteiger partial charge in [-0.2, -0.15) is 13.2 Å². The Hall–Kier alpha value is -2.26. The van der Waals surface area contributed by atoms with Gasteiger partial charge in [0.15, 0.2) is 0 Å². The maximum absolute atomic E-state index is 13.3. The van der Waals surface area contributed by atoms with Crippen molar-refractivity contribution in [1.29, 1.82) is 0 Å². The lowest BCUT2D eigenvalue weighted by Crippen LogP contribution is -2.33. The van der Waals surface area contributed by atoms with Crippen molar-refractivity contribution in [3.63, 3.8) is 0 Å². The number of carboxylic acids is 1. The molecule has 9 heteroatoms. The molecule has 2 aromatic rings. The Kier molecular flexibility index (Phi) is 5.34. The molecule has 0 amide bonds. The lowest BCUT2D eigenvalue weighted by molar-refractivity contribution is -0.139. The molecule has 5 nitrogen and oxygen atoms in total. The van der Waals surface area contributed by atoms with Crippen molar-refractivity contribution >= 4 is 23.5 Å². The molecule has 2 N–H and O–H groups in total. The molecular weight excluding hydrogens is 379 g/mol. The van der Waals surface area contributed by atoms with Gasteiger partial charge >= 0.3 is 12.1 Å². The van der Waals surface area contributed by atoms with Crippen LogP contribution in [0.3, 0.4) is 0 Å². The number of benzene rings is 1. The summed E-state index contributed by atoms with van der Waals surface area (Å²) >= 11 is 1.45. The summed E-state index contributed by atoms with van der Waals surface area (Å²) in [6.07, 6.45) is -4.47. The van der Waals surface area contributed by atoms with E-state index in [2.05, 4.69) is 10.3 Å². The summed E-state index contributed by atoms with van der Waals surface area (Å²) in [5.74, 6) is -0.280. The standard InChI is InChI=1S/C18H18F3N3O2S/c1-24(2)15-8-12(18(19,20)21)7-13(22-15)10-4-3-5-11(6-10)16-23-14(9-27-16)17(25)26/h3-8,14,16,23H,9H2,1-2H3,(H,25,26)/t14-,16-/m0/s1. The third kappa shape index (κ3) is 4.36. The summed E-state index contributed by atoms with van der Waals surface area (Å²) in [6.45, 7) is 0. The van der Waals surface area contributed by atoms with E-state index in [9.17, 15) is 18.0 Å². The maximum Gasteiger partial charge on any atom is 0.416 e. The van der Waals surface area contributed by atoms with E-state index in [1.165, 1.54) is 16.7 Å². The van der Waals surface area contributed by atoms with E-state index in [1.807, 2.05) is 6.07 Å². The van der Waals surface area contributed by atoms with Crippen molar-refractivity contribution in [3.05, 3.63) is 47.5 Å². The van der Waals surface area contributed by atoms with Crippen molar-refractivity contribution in [2.45, 2.75) is 17.6 Å². The number of alkyl halides is 3. The van der Waals surface area contributed by atoms with Crippen LogP contribution in [0.4, 0.5) is 19.0 Å². The van der Waals surface area contributed by atoms with E-state index in [4.69, 9.17) is 5.11 Å². The van der Waals surface area contributed by atoms with Gasteiger partial charge < -0.3 is 10.0 Å². The molecule has 0 radical (unpaired) electrons. The number of nitrogens with zero attached hydrogens (tertiary/aromatic N) is 2. The highest BCUT2D eigenvalue weighted by molar-refractivity contribution is 7.99. The Bertz CT molecular complexity index is 858. The number of nitrogens with one attached hydrogen (secondary N) is 1. The summed E-state index contributed by atoms with van der Waals surface area (Å²) in [5, 5.41) is 11.9. The number of carboxylic acid groups (broad SMARTS) is 1. The zero-order valence-electron chi connectivity index (χ0n) is 14.6. The molecule has 1 aliphatic rings. The average Bonchev–Trinajstić information content (AvgIpc) is 3.11. The second-order valence-electron chi connectivity index (χ2n) is 6.39. The van der Waals surface area contributed by atoms with Crippen LogP contribution in [0, 0.1) is 0 Å². The minimum absolute atomic E-state index is 0.213. The van der Waals surface area contributed by atoms with Crippen molar-refractivity contribution in [1.82, 2.24) is 10.3 Å². The number of halogens is 3. The first-order chi connectivity index (χ1) is 12.6. The predicted molar refractivity (Wildman–Crippen MR) is 98.8 cm³/mol. The van der Waals surface area contributed by atoms with E-state index in [-0.39, 0.29) is 16.9 Å². The van der Waals surface area contributed by atoms with Crippen molar-refractivity contribution in [2.75, 3.05) is 24.7 Å². The molecule has 144 valence electrons. The zero-order chi connectivity index (χ0) is 19.8. The zero-order valence-corrected chi connectivity index (χ0v) is 15.4. The van der Waals surface area contributed by atoms with Crippen molar-refractivity contribution in [2.24, 2.45) is 0 Å². The molecule has 2 atom stereocenters. The number of thioether (sulfide) groups is 1. The molecule has 1 saturated heterocycles. The molecule has 0 bridgehead atoms. The van der Waals surface area contributed by atoms with Gasteiger partial charge in [-0.05, 0) is 23.8 Å². The molecule has 1 aromatic carbocycles. The van der Waals surface area contributed by atoms with E-state index in [0.717, 1.165) is 17.7 Å².